The van der Waals surface area contributed by atoms with Crippen molar-refractivity contribution in [1.29, 1.82) is 0 Å². The third kappa shape index (κ3) is 76.3. The highest BCUT2D eigenvalue weighted by Gasteiger charge is 2.30. The number of hydrogen-bond acceptors (Lipinski definition) is 15. The molecule has 2 unspecified atom stereocenters. The van der Waals surface area contributed by atoms with Crippen LogP contribution in [-0.2, 0) is 65.4 Å². The summed E-state index contributed by atoms with van der Waals surface area (Å²) in [4.78, 5) is 73.1. The fraction of sp³-hybridized carbons (Fsp3) is 0.952. The number of carbonyl (C=O) groups is 4. The highest BCUT2D eigenvalue weighted by molar-refractivity contribution is 7.47. The van der Waals surface area contributed by atoms with Crippen LogP contribution in [0.15, 0.2) is 0 Å². The lowest BCUT2D eigenvalue weighted by Gasteiger charge is -2.21. The molecule has 0 amide bonds. The second-order valence-corrected chi connectivity index (χ2v) is 33.7. The number of unbranched alkanes of at least 4 members (excludes halogenated alkanes) is 52. The van der Waals surface area contributed by atoms with E-state index >= 15 is 0 Å². The van der Waals surface area contributed by atoms with Crippen molar-refractivity contribution in [3.63, 3.8) is 0 Å². The number of hydrogen-bond donors (Lipinski definition) is 3. The van der Waals surface area contributed by atoms with Gasteiger partial charge in [0.25, 0.3) is 0 Å². The Morgan fingerprint density at radius 3 is 0.667 bits per heavy atom. The van der Waals surface area contributed by atoms with Crippen LogP contribution < -0.4 is 0 Å². The minimum atomic E-state index is -4.96. The molecule has 17 nitrogen and oxygen atoms in total. The molecular weight excluding hydrogens is 1330 g/mol. The van der Waals surface area contributed by atoms with Crippen LogP contribution in [0, 0.1) is 11.8 Å². The van der Waals surface area contributed by atoms with Gasteiger partial charge < -0.3 is 33.8 Å². The van der Waals surface area contributed by atoms with Crippen molar-refractivity contribution in [2.75, 3.05) is 39.6 Å². The molecule has 0 saturated carbocycles. The van der Waals surface area contributed by atoms with Gasteiger partial charge in [0.05, 0.1) is 26.4 Å². The summed E-state index contributed by atoms with van der Waals surface area (Å²) in [5, 5.41) is 10.7. The Labute approximate surface area is 626 Å². The maximum absolute atomic E-state index is 13.1. The Kier molecular flexibility index (Phi) is 73.1. The van der Waals surface area contributed by atoms with Gasteiger partial charge in [0.2, 0.25) is 0 Å². The van der Waals surface area contributed by atoms with E-state index in [0.717, 1.165) is 102 Å². The zero-order valence-corrected chi connectivity index (χ0v) is 68.7. The van der Waals surface area contributed by atoms with Crippen molar-refractivity contribution in [2.45, 2.75) is 458 Å². The van der Waals surface area contributed by atoms with Crippen molar-refractivity contribution < 1.29 is 80.2 Å². The second-order valence-electron chi connectivity index (χ2n) is 30.8. The lowest BCUT2D eigenvalue weighted by molar-refractivity contribution is -0.161. The van der Waals surface area contributed by atoms with E-state index in [0.29, 0.717) is 25.7 Å². The van der Waals surface area contributed by atoms with E-state index in [-0.39, 0.29) is 25.7 Å². The largest absolute Gasteiger partial charge is 0.472 e. The SMILES string of the molecule is CCCCCCCCCCCCCCCCCCCCCCCC(=O)O[C@H](COC(=O)CCCCCCCCCCCCCCC(C)C)COP(=O)(O)OC[C@@H](O)COP(=O)(O)OC[C@@H](COC(=O)CCCCCCCCCCCCCC)OC(=O)CCCCCCCCCCCCCC(C)C. The fourth-order valence-corrected chi connectivity index (χ4v) is 14.5. The fourth-order valence-electron chi connectivity index (χ4n) is 12.9. The minimum Gasteiger partial charge on any atom is -0.462 e. The first-order valence-corrected chi connectivity index (χ1v) is 46.0. The zero-order valence-electron chi connectivity index (χ0n) is 66.9. The molecule has 0 heterocycles. The summed E-state index contributed by atoms with van der Waals surface area (Å²) in [5.74, 6) is -0.558. The minimum absolute atomic E-state index is 0.107. The van der Waals surface area contributed by atoms with E-state index < -0.39 is 97.5 Å². The number of rotatable bonds is 82. The van der Waals surface area contributed by atoms with Gasteiger partial charge in [-0.25, -0.2) is 9.13 Å². The molecule has 0 rings (SSSR count). The Morgan fingerprint density at radius 1 is 0.265 bits per heavy atom. The van der Waals surface area contributed by atoms with Crippen molar-refractivity contribution in [2.24, 2.45) is 11.8 Å². The van der Waals surface area contributed by atoms with Crippen LogP contribution in [-0.4, -0.2) is 96.7 Å². The van der Waals surface area contributed by atoms with Gasteiger partial charge in [0, 0.05) is 25.7 Å². The maximum Gasteiger partial charge on any atom is 0.472 e. The summed E-state index contributed by atoms with van der Waals surface area (Å²) >= 11 is 0. The highest BCUT2D eigenvalue weighted by Crippen LogP contribution is 2.45. The van der Waals surface area contributed by atoms with Gasteiger partial charge in [-0.1, -0.05) is 388 Å². The number of phosphoric acid groups is 2. The van der Waals surface area contributed by atoms with Crippen LogP contribution in [0.5, 0.6) is 0 Å². The quantitative estimate of drug-likeness (QED) is 0.0222. The van der Waals surface area contributed by atoms with Crippen molar-refractivity contribution in [3.8, 4) is 0 Å². The summed E-state index contributed by atoms with van der Waals surface area (Å²) in [7, 11) is -9.92. The molecule has 0 aromatic carbocycles. The van der Waals surface area contributed by atoms with Crippen LogP contribution in [0.2, 0.25) is 0 Å². The first-order chi connectivity index (χ1) is 49.4. The molecule has 0 aliphatic carbocycles. The molecule has 102 heavy (non-hydrogen) atoms. The maximum atomic E-state index is 13.1. The molecule has 0 aliphatic rings. The Bertz CT molecular complexity index is 1960. The van der Waals surface area contributed by atoms with Crippen molar-refractivity contribution in [1.82, 2.24) is 0 Å². The monoisotopic (exact) mass is 1490 g/mol. The van der Waals surface area contributed by atoms with E-state index in [2.05, 4.69) is 41.5 Å². The lowest BCUT2D eigenvalue weighted by Crippen LogP contribution is -2.30. The highest BCUT2D eigenvalue weighted by atomic mass is 31.2. The van der Waals surface area contributed by atoms with Crippen LogP contribution >= 0.6 is 15.6 Å². The molecule has 0 spiro atoms. The Hall–Kier alpha value is -1.94. The van der Waals surface area contributed by atoms with E-state index in [1.807, 2.05) is 0 Å². The summed E-state index contributed by atoms with van der Waals surface area (Å²) < 4.78 is 68.8. The number of esters is 4. The predicted octanol–water partition coefficient (Wildman–Crippen LogP) is 25.1. The van der Waals surface area contributed by atoms with Gasteiger partial charge in [-0.15, -0.1) is 0 Å². The van der Waals surface area contributed by atoms with Crippen LogP contribution in [0.3, 0.4) is 0 Å². The molecule has 0 aromatic heterocycles. The average molecular weight is 1490 g/mol. The van der Waals surface area contributed by atoms with Gasteiger partial charge in [-0.05, 0) is 37.5 Å². The number of carbonyl (C=O) groups excluding carboxylic acids is 4. The summed E-state index contributed by atoms with van der Waals surface area (Å²) in [6, 6.07) is 0. The van der Waals surface area contributed by atoms with E-state index in [1.165, 1.54) is 257 Å². The molecule has 5 atom stereocenters. The van der Waals surface area contributed by atoms with E-state index in [9.17, 15) is 43.2 Å². The van der Waals surface area contributed by atoms with Gasteiger partial charge in [-0.2, -0.15) is 0 Å². The Balaban J connectivity index is 5.24. The molecule has 0 radical (unpaired) electrons. The summed E-state index contributed by atoms with van der Waals surface area (Å²) in [5.41, 5.74) is 0. The molecule has 0 saturated heterocycles. The number of aliphatic hydroxyl groups excluding tert-OH is 1. The molecule has 0 fully saturated rings. The topological polar surface area (TPSA) is 237 Å². The number of aliphatic hydroxyl groups is 1. The normalized spacial score (nSPS) is 13.9. The molecule has 606 valence electrons. The third-order valence-electron chi connectivity index (χ3n) is 19.5. The number of phosphoric ester groups is 2. The molecule has 0 aromatic rings. The standard InChI is InChI=1S/C83H162O17P2/c1-7-9-11-13-15-17-19-21-22-23-24-25-26-27-28-29-37-43-49-55-61-67-82(87)99-78(72-94-81(86)66-60-54-48-42-36-31-30-33-39-45-51-57-63-75(3)4)73-97-101(89,90)95-69-77(84)70-96-102(91,92)98-74-79(71-93-80(85)65-59-53-47-41-35-20-18-16-14-12-10-8-2)100-83(88)68-62-56-50-44-38-32-34-40-46-52-58-64-76(5)6/h75-79,84H,7-74H2,1-6H3,(H,89,90)(H,91,92)/t77-,78-,79-/m1/s1. The predicted molar refractivity (Wildman–Crippen MR) is 418 cm³/mol. The Morgan fingerprint density at radius 2 is 0.451 bits per heavy atom. The van der Waals surface area contributed by atoms with Crippen molar-refractivity contribution >= 4 is 39.5 Å². The van der Waals surface area contributed by atoms with Crippen LogP contribution in [0.25, 0.3) is 0 Å². The first kappa shape index (κ1) is 100. The first-order valence-electron chi connectivity index (χ1n) is 43.0. The van der Waals surface area contributed by atoms with Crippen LogP contribution in [0.4, 0.5) is 0 Å². The average Bonchev–Trinajstić information content (AvgIpc) is 0.925. The van der Waals surface area contributed by atoms with E-state index in [4.69, 9.17) is 37.0 Å². The summed E-state index contributed by atoms with van der Waals surface area (Å²) in [6.07, 6.45) is 65.2. The third-order valence-corrected chi connectivity index (χ3v) is 21.4. The van der Waals surface area contributed by atoms with Crippen LogP contribution in [0.1, 0.15) is 440 Å². The van der Waals surface area contributed by atoms with Gasteiger partial charge in [-0.3, -0.25) is 37.3 Å². The zero-order chi connectivity index (χ0) is 74.9. The smallest absolute Gasteiger partial charge is 0.462 e. The molecule has 0 bridgehead atoms. The van der Waals surface area contributed by atoms with Crippen molar-refractivity contribution in [3.05, 3.63) is 0 Å². The molecule has 3 N–H and O–H groups in total. The van der Waals surface area contributed by atoms with Gasteiger partial charge in [0.1, 0.15) is 19.3 Å². The second kappa shape index (κ2) is 74.5. The lowest BCUT2D eigenvalue weighted by atomic mass is 10.0. The molecule has 0 aliphatic heterocycles. The van der Waals surface area contributed by atoms with Gasteiger partial charge in [0.15, 0.2) is 12.2 Å². The molecule has 19 heteroatoms. The summed E-state index contributed by atoms with van der Waals surface area (Å²) in [6.45, 7) is 9.66. The number of ether oxygens (including phenoxy) is 4. The van der Waals surface area contributed by atoms with Gasteiger partial charge >= 0.3 is 39.5 Å². The molecular formula is C83H162O17P2. The van der Waals surface area contributed by atoms with E-state index in [1.54, 1.807) is 0 Å².